The van der Waals surface area contributed by atoms with Crippen LogP contribution in [0.4, 0.5) is 0 Å². The molecule has 0 saturated heterocycles. The molecule has 0 atom stereocenters. The van der Waals surface area contributed by atoms with Crippen molar-refractivity contribution in [1.82, 2.24) is 0 Å². The van der Waals surface area contributed by atoms with Crippen LogP contribution in [0.25, 0.3) is 0 Å². The standard InChI is InChI=1S/C4H13NOSi/c1-4(2,5)3-6-7/h3,5H2,1-2,7H3. The summed E-state index contributed by atoms with van der Waals surface area (Å²) in [5, 5.41) is 0. The van der Waals surface area contributed by atoms with E-state index in [0.29, 0.717) is 6.61 Å². The van der Waals surface area contributed by atoms with E-state index in [9.17, 15) is 0 Å². The highest BCUT2D eigenvalue weighted by molar-refractivity contribution is 5.97. The molecule has 0 aromatic heterocycles. The van der Waals surface area contributed by atoms with E-state index < -0.39 is 0 Å². The van der Waals surface area contributed by atoms with Gasteiger partial charge in [0.05, 0.1) is 6.61 Å². The summed E-state index contributed by atoms with van der Waals surface area (Å²) in [7, 11) is 0.790. The molecule has 0 spiro atoms. The van der Waals surface area contributed by atoms with Crippen LogP contribution in [0.1, 0.15) is 13.8 Å². The Morgan fingerprint density at radius 2 is 2.14 bits per heavy atom. The predicted octanol–water partition coefficient (Wildman–Crippen LogP) is -0.979. The fraction of sp³-hybridized carbons (Fsp3) is 1.00. The smallest absolute Gasteiger partial charge is 0.146 e. The van der Waals surface area contributed by atoms with Gasteiger partial charge in [0.2, 0.25) is 0 Å². The molecule has 7 heavy (non-hydrogen) atoms. The van der Waals surface area contributed by atoms with Crippen molar-refractivity contribution in [2.24, 2.45) is 5.73 Å². The molecular formula is C4H13NOSi. The summed E-state index contributed by atoms with van der Waals surface area (Å²) in [4.78, 5) is 0. The monoisotopic (exact) mass is 119 g/mol. The third-order valence-electron chi connectivity index (χ3n) is 0.516. The molecule has 0 aromatic rings. The summed E-state index contributed by atoms with van der Waals surface area (Å²) < 4.78 is 4.92. The summed E-state index contributed by atoms with van der Waals surface area (Å²) in [6.07, 6.45) is 0. The van der Waals surface area contributed by atoms with Gasteiger partial charge < -0.3 is 10.2 Å². The zero-order chi connectivity index (χ0) is 5.91. The van der Waals surface area contributed by atoms with Gasteiger partial charge in [-0.1, -0.05) is 0 Å². The van der Waals surface area contributed by atoms with E-state index in [2.05, 4.69) is 0 Å². The number of hydrogen-bond donors (Lipinski definition) is 1. The maximum Gasteiger partial charge on any atom is 0.146 e. The maximum absolute atomic E-state index is 5.54. The van der Waals surface area contributed by atoms with E-state index in [0.717, 1.165) is 10.5 Å². The van der Waals surface area contributed by atoms with Crippen LogP contribution >= 0.6 is 0 Å². The molecule has 0 amide bonds. The lowest BCUT2D eigenvalue weighted by Gasteiger charge is -2.16. The molecule has 0 saturated carbocycles. The van der Waals surface area contributed by atoms with Gasteiger partial charge in [-0.3, -0.25) is 0 Å². The average molecular weight is 119 g/mol. The van der Waals surface area contributed by atoms with Crippen LogP contribution in [0.2, 0.25) is 0 Å². The van der Waals surface area contributed by atoms with Gasteiger partial charge in [0, 0.05) is 5.54 Å². The summed E-state index contributed by atoms with van der Waals surface area (Å²) in [5.41, 5.74) is 5.41. The zero-order valence-corrected chi connectivity index (χ0v) is 7.19. The predicted molar refractivity (Wildman–Crippen MR) is 34.2 cm³/mol. The van der Waals surface area contributed by atoms with Crippen LogP contribution in [0.5, 0.6) is 0 Å². The Morgan fingerprint density at radius 3 is 2.14 bits per heavy atom. The Kier molecular flexibility index (Phi) is 2.49. The summed E-state index contributed by atoms with van der Waals surface area (Å²) >= 11 is 0. The van der Waals surface area contributed by atoms with Crippen LogP contribution in [0.3, 0.4) is 0 Å². The van der Waals surface area contributed by atoms with Crippen molar-refractivity contribution in [3.05, 3.63) is 0 Å². The lowest BCUT2D eigenvalue weighted by molar-refractivity contribution is 0.263. The molecule has 0 radical (unpaired) electrons. The van der Waals surface area contributed by atoms with Gasteiger partial charge in [0.25, 0.3) is 0 Å². The first kappa shape index (κ1) is 7.14. The van der Waals surface area contributed by atoms with Crippen molar-refractivity contribution >= 4 is 10.5 Å². The van der Waals surface area contributed by atoms with Crippen molar-refractivity contribution < 1.29 is 4.43 Å². The molecule has 0 aliphatic rings. The minimum Gasteiger partial charge on any atom is -0.426 e. The van der Waals surface area contributed by atoms with Crippen LogP contribution in [0, 0.1) is 0 Å². The second-order valence-electron chi connectivity index (χ2n) is 2.42. The number of hydrogen-bond acceptors (Lipinski definition) is 2. The Balaban J connectivity index is 3.15. The van der Waals surface area contributed by atoms with E-state index in [1.807, 2.05) is 13.8 Å². The minimum absolute atomic E-state index is 0.137. The normalized spacial score (nSPS) is 12.4. The van der Waals surface area contributed by atoms with E-state index in [-0.39, 0.29) is 5.54 Å². The second kappa shape index (κ2) is 2.45. The molecule has 0 unspecified atom stereocenters. The van der Waals surface area contributed by atoms with Crippen molar-refractivity contribution in [1.29, 1.82) is 0 Å². The van der Waals surface area contributed by atoms with Gasteiger partial charge in [0.15, 0.2) is 0 Å². The number of nitrogens with two attached hydrogens (primary N) is 1. The third-order valence-corrected chi connectivity index (χ3v) is 0.805. The van der Waals surface area contributed by atoms with Crippen LogP contribution in [-0.4, -0.2) is 22.6 Å². The van der Waals surface area contributed by atoms with Gasteiger partial charge in [-0.05, 0) is 13.8 Å². The Hall–Kier alpha value is 0.137. The van der Waals surface area contributed by atoms with Crippen LogP contribution in [-0.2, 0) is 4.43 Å². The summed E-state index contributed by atoms with van der Waals surface area (Å²) in [5.74, 6) is 0. The molecular weight excluding hydrogens is 106 g/mol. The third kappa shape index (κ3) is 6.14. The van der Waals surface area contributed by atoms with E-state index in [4.69, 9.17) is 10.2 Å². The molecule has 0 rings (SSSR count). The molecule has 44 valence electrons. The SMILES string of the molecule is CC(C)(N)CO[SiH3]. The Morgan fingerprint density at radius 1 is 1.71 bits per heavy atom. The quantitative estimate of drug-likeness (QED) is 0.474. The van der Waals surface area contributed by atoms with E-state index in [1.165, 1.54) is 0 Å². The van der Waals surface area contributed by atoms with Crippen LogP contribution < -0.4 is 5.73 Å². The molecule has 0 aliphatic heterocycles. The van der Waals surface area contributed by atoms with Crippen LogP contribution in [0.15, 0.2) is 0 Å². The van der Waals surface area contributed by atoms with Gasteiger partial charge in [-0.15, -0.1) is 0 Å². The lowest BCUT2D eigenvalue weighted by Crippen LogP contribution is -2.37. The number of rotatable bonds is 2. The van der Waals surface area contributed by atoms with E-state index >= 15 is 0 Å². The van der Waals surface area contributed by atoms with Gasteiger partial charge in [-0.25, -0.2) is 0 Å². The minimum atomic E-state index is -0.137. The molecule has 0 fully saturated rings. The zero-order valence-electron chi connectivity index (χ0n) is 5.19. The summed E-state index contributed by atoms with van der Waals surface area (Å²) in [6.45, 7) is 4.58. The first-order valence-electron chi connectivity index (χ1n) is 2.34. The first-order valence-corrected chi connectivity index (χ1v) is 3.16. The lowest BCUT2D eigenvalue weighted by atomic mass is 10.1. The molecule has 0 aromatic carbocycles. The Bertz CT molecular complexity index is 50.1. The Labute approximate surface area is 47.6 Å². The molecule has 3 heteroatoms. The highest BCUT2D eigenvalue weighted by Crippen LogP contribution is 1.93. The van der Waals surface area contributed by atoms with Crippen molar-refractivity contribution in [2.45, 2.75) is 19.4 Å². The molecule has 2 nitrogen and oxygen atoms in total. The van der Waals surface area contributed by atoms with Gasteiger partial charge >= 0.3 is 0 Å². The fourth-order valence-corrected chi connectivity index (χ4v) is 1.12. The van der Waals surface area contributed by atoms with Crippen molar-refractivity contribution in [2.75, 3.05) is 6.61 Å². The van der Waals surface area contributed by atoms with Crippen molar-refractivity contribution in [3.8, 4) is 0 Å². The largest absolute Gasteiger partial charge is 0.426 e. The second-order valence-corrected chi connectivity index (χ2v) is 3.00. The highest BCUT2D eigenvalue weighted by atomic mass is 28.2. The molecule has 0 bridgehead atoms. The van der Waals surface area contributed by atoms with Gasteiger partial charge in [0.1, 0.15) is 10.5 Å². The fourth-order valence-electron chi connectivity index (χ4n) is 0.372. The molecule has 2 N–H and O–H groups in total. The summed E-state index contributed by atoms with van der Waals surface area (Å²) in [6, 6.07) is 0. The van der Waals surface area contributed by atoms with Crippen molar-refractivity contribution in [3.63, 3.8) is 0 Å². The molecule has 0 aliphatic carbocycles. The maximum atomic E-state index is 5.54. The highest BCUT2D eigenvalue weighted by Gasteiger charge is 2.07. The average Bonchev–Trinajstić information content (AvgIpc) is 1.30. The first-order chi connectivity index (χ1) is 3.06. The van der Waals surface area contributed by atoms with Gasteiger partial charge in [-0.2, -0.15) is 0 Å². The molecule has 0 heterocycles. The van der Waals surface area contributed by atoms with E-state index in [1.54, 1.807) is 0 Å². The topological polar surface area (TPSA) is 35.2 Å².